The molecule has 0 saturated heterocycles. The summed E-state index contributed by atoms with van der Waals surface area (Å²) in [5.41, 5.74) is 2.87. The van der Waals surface area contributed by atoms with Crippen LogP contribution in [0, 0.1) is 6.92 Å². The first-order chi connectivity index (χ1) is 10.0. The minimum atomic E-state index is -0.470. The fraction of sp³-hybridized carbons (Fsp3) is 0.294. The van der Waals surface area contributed by atoms with Gasteiger partial charge in [0.2, 0.25) is 0 Å². The van der Waals surface area contributed by atoms with Gasteiger partial charge in [-0.2, -0.15) is 0 Å². The van der Waals surface area contributed by atoms with E-state index in [0.29, 0.717) is 6.61 Å². The van der Waals surface area contributed by atoms with Gasteiger partial charge in [0.05, 0.1) is 13.2 Å². The summed E-state index contributed by atoms with van der Waals surface area (Å²) in [5, 5.41) is 9.58. The maximum atomic E-state index is 9.58. The lowest BCUT2D eigenvalue weighted by molar-refractivity contribution is 0.199. The Balaban J connectivity index is 2.15. The molecule has 0 aromatic heterocycles. The molecule has 0 aliphatic heterocycles. The van der Waals surface area contributed by atoms with Crippen molar-refractivity contribution in [2.24, 2.45) is 0 Å². The average molecular weight is 351 g/mol. The molecule has 2 aromatic rings. The highest BCUT2D eigenvalue weighted by atomic mass is 79.9. The van der Waals surface area contributed by atoms with Crippen LogP contribution in [-0.4, -0.2) is 12.2 Å². The number of aliphatic hydroxyl groups excluding tert-OH is 1. The van der Waals surface area contributed by atoms with Crippen LogP contribution in [0.1, 0.15) is 29.7 Å². The predicted molar refractivity (Wildman–Crippen MR) is 86.8 cm³/mol. The molecular weight excluding hydrogens is 332 g/mol. The number of hydrogen-bond donors (Lipinski definition) is 1. The lowest BCUT2D eigenvalue weighted by Gasteiger charge is -2.14. The minimum absolute atomic E-state index is 0.428. The highest BCUT2D eigenvalue weighted by Crippen LogP contribution is 2.27. The molecule has 0 unspecified atom stereocenters. The first kappa shape index (κ1) is 15.9. The lowest BCUT2D eigenvalue weighted by Crippen LogP contribution is -2.01. The molecule has 2 aromatic carbocycles. The lowest BCUT2D eigenvalue weighted by atomic mass is 10.1. The van der Waals surface area contributed by atoms with Gasteiger partial charge < -0.3 is 14.6 Å². The maximum Gasteiger partial charge on any atom is 0.125 e. The van der Waals surface area contributed by atoms with Gasteiger partial charge >= 0.3 is 0 Å². The number of halogens is 1. The molecule has 112 valence electrons. The first-order valence-electron chi connectivity index (χ1n) is 6.75. The fourth-order valence-electron chi connectivity index (χ4n) is 2.11. The molecule has 2 rings (SSSR count). The molecule has 0 aliphatic rings. The average Bonchev–Trinajstić information content (AvgIpc) is 2.46. The Kier molecular flexibility index (Phi) is 5.26. The zero-order valence-corrected chi connectivity index (χ0v) is 14.0. The number of methoxy groups -OCH3 is 1. The second kappa shape index (κ2) is 6.96. The third kappa shape index (κ3) is 3.99. The van der Waals surface area contributed by atoms with Crippen LogP contribution in [0.5, 0.6) is 11.5 Å². The van der Waals surface area contributed by atoms with Crippen molar-refractivity contribution in [2.45, 2.75) is 26.6 Å². The molecule has 0 heterocycles. The standard InChI is InChI=1S/C17H19BrO3/c1-11-8-13(12(2)19)4-6-16(11)21-10-14-9-15(18)5-7-17(14)20-3/h4-9,12,19H,10H2,1-3H3/t12-/m1/s1. The molecule has 21 heavy (non-hydrogen) atoms. The quantitative estimate of drug-likeness (QED) is 0.868. The van der Waals surface area contributed by atoms with Gasteiger partial charge in [0.25, 0.3) is 0 Å². The smallest absolute Gasteiger partial charge is 0.125 e. The van der Waals surface area contributed by atoms with Crippen molar-refractivity contribution in [3.63, 3.8) is 0 Å². The summed E-state index contributed by atoms with van der Waals surface area (Å²) in [4.78, 5) is 0. The molecule has 0 fully saturated rings. The molecule has 0 bridgehead atoms. The zero-order valence-electron chi connectivity index (χ0n) is 12.4. The minimum Gasteiger partial charge on any atom is -0.496 e. The van der Waals surface area contributed by atoms with Gasteiger partial charge in [0.15, 0.2) is 0 Å². The Bertz CT molecular complexity index is 623. The number of benzene rings is 2. The number of ether oxygens (including phenoxy) is 2. The van der Waals surface area contributed by atoms with Crippen LogP contribution in [-0.2, 0) is 6.61 Å². The highest BCUT2D eigenvalue weighted by molar-refractivity contribution is 9.10. The van der Waals surface area contributed by atoms with Gasteiger partial charge in [-0.05, 0) is 55.3 Å². The number of aryl methyl sites for hydroxylation is 1. The Labute approximate surface area is 133 Å². The second-order valence-electron chi connectivity index (χ2n) is 4.95. The van der Waals surface area contributed by atoms with E-state index < -0.39 is 6.10 Å². The third-order valence-corrected chi connectivity index (χ3v) is 3.80. The van der Waals surface area contributed by atoms with Crippen LogP contribution in [0.4, 0.5) is 0 Å². The van der Waals surface area contributed by atoms with E-state index in [4.69, 9.17) is 9.47 Å². The van der Waals surface area contributed by atoms with E-state index in [1.54, 1.807) is 14.0 Å². The van der Waals surface area contributed by atoms with Gasteiger partial charge in [0.1, 0.15) is 18.1 Å². The van der Waals surface area contributed by atoms with Crippen molar-refractivity contribution in [3.05, 3.63) is 57.6 Å². The van der Waals surface area contributed by atoms with E-state index in [9.17, 15) is 5.11 Å². The normalized spacial score (nSPS) is 12.0. The van der Waals surface area contributed by atoms with Crippen molar-refractivity contribution in [1.29, 1.82) is 0 Å². The molecular formula is C17H19BrO3. The van der Waals surface area contributed by atoms with Crippen molar-refractivity contribution in [1.82, 2.24) is 0 Å². The summed E-state index contributed by atoms with van der Waals surface area (Å²) in [5.74, 6) is 1.61. The van der Waals surface area contributed by atoms with Gasteiger partial charge in [-0.25, -0.2) is 0 Å². The molecule has 1 N–H and O–H groups in total. The number of aliphatic hydroxyl groups is 1. The number of rotatable bonds is 5. The van der Waals surface area contributed by atoms with Crippen molar-refractivity contribution in [3.8, 4) is 11.5 Å². The monoisotopic (exact) mass is 350 g/mol. The van der Waals surface area contributed by atoms with Crippen LogP contribution in [0.2, 0.25) is 0 Å². The summed E-state index contributed by atoms with van der Waals surface area (Å²) < 4.78 is 12.2. The molecule has 0 aliphatic carbocycles. The van der Waals surface area contributed by atoms with Crippen LogP contribution < -0.4 is 9.47 Å². The SMILES string of the molecule is COc1ccc(Br)cc1COc1ccc([C@@H](C)O)cc1C. The van der Waals surface area contributed by atoms with Gasteiger partial charge in [-0.15, -0.1) is 0 Å². The second-order valence-corrected chi connectivity index (χ2v) is 5.86. The summed E-state index contributed by atoms with van der Waals surface area (Å²) >= 11 is 3.45. The molecule has 0 spiro atoms. The van der Waals surface area contributed by atoms with Gasteiger partial charge in [0, 0.05) is 10.0 Å². The van der Waals surface area contributed by atoms with Crippen molar-refractivity contribution < 1.29 is 14.6 Å². The van der Waals surface area contributed by atoms with Crippen LogP contribution in [0.15, 0.2) is 40.9 Å². The van der Waals surface area contributed by atoms with Crippen LogP contribution >= 0.6 is 15.9 Å². The van der Waals surface area contributed by atoms with Crippen molar-refractivity contribution in [2.75, 3.05) is 7.11 Å². The summed E-state index contributed by atoms with van der Waals surface area (Å²) in [6, 6.07) is 11.5. The first-order valence-corrected chi connectivity index (χ1v) is 7.54. The maximum absolute atomic E-state index is 9.58. The molecule has 0 radical (unpaired) electrons. The third-order valence-electron chi connectivity index (χ3n) is 3.31. The van der Waals surface area contributed by atoms with E-state index in [1.165, 1.54) is 0 Å². The van der Waals surface area contributed by atoms with E-state index in [1.807, 2.05) is 43.3 Å². The van der Waals surface area contributed by atoms with E-state index in [2.05, 4.69) is 15.9 Å². The van der Waals surface area contributed by atoms with Crippen LogP contribution in [0.25, 0.3) is 0 Å². The van der Waals surface area contributed by atoms with E-state index in [-0.39, 0.29) is 0 Å². The van der Waals surface area contributed by atoms with E-state index in [0.717, 1.165) is 32.7 Å². The van der Waals surface area contributed by atoms with Gasteiger partial charge in [-0.1, -0.05) is 22.0 Å². The molecule has 1 atom stereocenters. The Hall–Kier alpha value is -1.52. The van der Waals surface area contributed by atoms with Crippen LogP contribution in [0.3, 0.4) is 0 Å². The Morgan fingerprint density at radius 1 is 1.14 bits per heavy atom. The molecule has 0 saturated carbocycles. The fourth-order valence-corrected chi connectivity index (χ4v) is 2.52. The van der Waals surface area contributed by atoms with E-state index >= 15 is 0 Å². The summed E-state index contributed by atoms with van der Waals surface area (Å²) in [7, 11) is 1.65. The summed E-state index contributed by atoms with van der Waals surface area (Å²) in [6.07, 6.45) is -0.470. The Morgan fingerprint density at radius 2 is 1.86 bits per heavy atom. The molecule has 3 nitrogen and oxygen atoms in total. The summed E-state index contributed by atoms with van der Waals surface area (Å²) in [6.45, 7) is 4.15. The Morgan fingerprint density at radius 3 is 2.48 bits per heavy atom. The predicted octanol–water partition coefficient (Wildman–Crippen LogP) is 4.40. The number of hydrogen-bond acceptors (Lipinski definition) is 3. The molecule has 0 amide bonds. The topological polar surface area (TPSA) is 38.7 Å². The zero-order chi connectivity index (χ0) is 15.4. The van der Waals surface area contributed by atoms with Gasteiger partial charge in [-0.3, -0.25) is 0 Å². The van der Waals surface area contributed by atoms with Crippen molar-refractivity contribution >= 4 is 15.9 Å². The highest BCUT2D eigenvalue weighted by Gasteiger charge is 2.08. The largest absolute Gasteiger partial charge is 0.496 e. The molecule has 4 heteroatoms.